The summed E-state index contributed by atoms with van der Waals surface area (Å²) in [6, 6.07) is 19.4. The van der Waals surface area contributed by atoms with Gasteiger partial charge in [0.15, 0.2) is 0 Å². The molecule has 0 atom stereocenters. The summed E-state index contributed by atoms with van der Waals surface area (Å²) in [4.78, 5) is 12.5. The Morgan fingerprint density at radius 3 is 1.94 bits per heavy atom. The molecule has 0 aromatic heterocycles. The number of amides is 1. The first-order valence-corrected chi connectivity index (χ1v) is 13.3. The fraction of sp³-hybridized carbons (Fsp3) is 0.174. The highest BCUT2D eigenvalue weighted by atomic mass is 32.2. The minimum Gasteiger partial charge on any atom is -0.325 e. The van der Waals surface area contributed by atoms with Crippen molar-refractivity contribution in [2.24, 2.45) is 0 Å². The Hall–Kier alpha value is -3.37. The standard InChI is InChI=1S/C23H25N3O5S2/c1-17-8-7-9-18(2)23(17)25-33(30,31)21-14-12-19(13-15-21)24-22(27)16-26(32(3,28)29)20-10-5-4-6-11-20/h4-15,25H,16H2,1-3H3,(H,24,27). The highest BCUT2D eigenvalue weighted by molar-refractivity contribution is 7.92. The molecular formula is C23H25N3O5S2. The topological polar surface area (TPSA) is 113 Å². The van der Waals surface area contributed by atoms with E-state index in [0.717, 1.165) is 21.7 Å². The second-order valence-electron chi connectivity index (χ2n) is 7.55. The molecule has 2 N–H and O–H groups in total. The van der Waals surface area contributed by atoms with Gasteiger partial charge < -0.3 is 5.32 Å². The van der Waals surface area contributed by atoms with E-state index < -0.39 is 32.5 Å². The Bertz CT molecular complexity index is 1330. The van der Waals surface area contributed by atoms with Gasteiger partial charge in [0.1, 0.15) is 6.54 Å². The van der Waals surface area contributed by atoms with E-state index in [1.54, 1.807) is 30.3 Å². The monoisotopic (exact) mass is 487 g/mol. The van der Waals surface area contributed by atoms with Crippen LogP contribution in [0.4, 0.5) is 17.1 Å². The highest BCUT2D eigenvalue weighted by Crippen LogP contribution is 2.24. The van der Waals surface area contributed by atoms with Gasteiger partial charge in [-0.2, -0.15) is 0 Å². The zero-order valence-corrected chi connectivity index (χ0v) is 20.1. The summed E-state index contributed by atoms with van der Waals surface area (Å²) in [5, 5.41) is 2.60. The minimum absolute atomic E-state index is 0.0326. The molecule has 0 aliphatic rings. The molecule has 0 aliphatic carbocycles. The Kier molecular flexibility index (Phi) is 7.09. The molecule has 10 heteroatoms. The molecule has 174 valence electrons. The van der Waals surface area contributed by atoms with Crippen molar-refractivity contribution < 1.29 is 21.6 Å². The summed E-state index contributed by atoms with van der Waals surface area (Å²) in [5.74, 6) is -0.562. The van der Waals surface area contributed by atoms with Crippen LogP contribution in [0.2, 0.25) is 0 Å². The molecule has 0 unspecified atom stereocenters. The lowest BCUT2D eigenvalue weighted by molar-refractivity contribution is -0.114. The molecule has 33 heavy (non-hydrogen) atoms. The van der Waals surface area contributed by atoms with Crippen LogP contribution in [0.25, 0.3) is 0 Å². The minimum atomic E-state index is -3.83. The van der Waals surface area contributed by atoms with Gasteiger partial charge in [0.25, 0.3) is 10.0 Å². The third-order valence-corrected chi connectivity index (χ3v) is 7.40. The number of aryl methyl sites for hydroxylation is 2. The Balaban J connectivity index is 1.73. The van der Waals surface area contributed by atoms with Crippen molar-refractivity contribution in [3.63, 3.8) is 0 Å². The van der Waals surface area contributed by atoms with Gasteiger partial charge in [-0.05, 0) is 61.4 Å². The predicted octanol–water partition coefficient (Wildman–Crippen LogP) is 3.51. The van der Waals surface area contributed by atoms with Crippen LogP contribution in [0.1, 0.15) is 11.1 Å². The predicted molar refractivity (Wildman–Crippen MR) is 130 cm³/mol. The number of hydrogen-bond donors (Lipinski definition) is 2. The third-order valence-electron chi connectivity index (χ3n) is 4.90. The van der Waals surface area contributed by atoms with Crippen LogP contribution >= 0.6 is 0 Å². The zero-order chi connectivity index (χ0) is 24.2. The van der Waals surface area contributed by atoms with Gasteiger partial charge in [0.05, 0.1) is 22.5 Å². The largest absolute Gasteiger partial charge is 0.325 e. The van der Waals surface area contributed by atoms with Crippen molar-refractivity contribution in [1.29, 1.82) is 0 Å². The summed E-state index contributed by atoms with van der Waals surface area (Å²) in [6.07, 6.45) is 1.02. The van der Waals surface area contributed by atoms with E-state index in [9.17, 15) is 21.6 Å². The number of rotatable bonds is 8. The normalized spacial score (nSPS) is 11.6. The van der Waals surface area contributed by atoms with Crippen LogP contribution in [0.3, 0.4) is 0 Å². The molecule has 3 aromatic rings. The van der Waals surface area contributed by atoms with E-state index in [-0.39, 0.29) is 4.90 Å². The fourth-order valence-corrected chi connectivity index (χ4v) is 5.27. The van der Waals surface area contributed by atoms with Crippen molar-refractivity contribution in [3.05, 3.63) is 83.9 Å². The molecule has 0 saturated carbocycles. The van der Waals surface area contributed by atoms with Crippen molar-refractivity contribution in [2.75, 3.05) is 27.1 Å². The molecule has 0 heterocycles. The number of hydrogen-bond acceptors (Lipinski definition) is 5. The number of anilines is 3. The number of benzene rings is 3. The smallest absolute Gasteiger partial charge is 0.261 e. The molecule has 0 spiro atoms. The van der Waals surface area contributed by atoms with Crippen LogP contribution < -0.4 is 14.3 Å². The van der Waals surface area contributed by atoms with Crippen LogP contribution in [0.5, 0.6) is 0 Å². The van der Waals surface area contributed by atoms with Crippen molar-refractivity contribution in [3.8, 4) is 0 Å². The van der Waals surface area contributed by atoms with Crippen LogP contribution in [-0.4, -0.2) is 35.5 Å². The van der Waals surface area contributed by atoms with Gasteiger partial charge in [-0.3, -0.25) is 13.8 Å². The maximum atomic E-state index is 12.8. The number of nitrogens with zero attached hydrogens (tertiary/aromatic N) is 1. The lowest BCUT2D eigenvalue weighted by Crippen LogP contribution is -2.37. The number of carbonyl (C=O) groups excluding carboxylic acids is 1. The molecule has 0 fully saturated rings. The van der Waals surface area contributed by atoms with E-state index in [1.165, 1.54) is 24.3 Å². The van der Waals surface area contributed by atoms with Gasteiger partial charge in [0.2, 0.25) is 15.9 Å². The van der Waals surface area contributed by atoms with Crippen molar-refractivity contribution in [1.82, 2.24) is 0 Å². The maximum Gasteiger partial charge on any atom is 0.261 e. The third kappa shape index (κ3) is 6.11. The molecule has 0 bridgehead atoms. The zero-order valence-electron chi connectivity index (χ0n) is 18.4. The van der Waals surface area contributed by atoms with Crippen LogP contribution in [0, 0.1) is 13.8 Å². The number of sulfonamides is 2. The maximum absolute atomic E-state index is 12.8. The molecule has 3 rings (SSSR count). The van der Waals surface area contributed by atoms with E-state index in [0.29, 0.717) is 17.1 Å². The molecule has 0 saturated heterocycles. The first kappa shape index (κ1) is 24.3. The molecule has 0 aliphatic heterocycles. The Morgan fingerprint density at radius 2 is 1.39 bits per heavy atom. The number of nitrogens with one attached hydrogen (secondary N) is 2. The van der Waals surface area contributed by atoms with Crippen molar-refractivity contribution in [2.45, 2.75) is 18.7 Å². The van der Waals surface area contributed by atoms with Gasteiger partial charge >= 0.3 is 0 Å². The summed E-state index contributed by atoms with van der Waals surface area (Å²) in [5.41, 5.74) is 2.84. The molecular weight excluding hydrogens is 462 g/mol. The molecule has 1 amide bonds. The summed E-state index contributed by atoms with van der Waals surface area (Å²) < 4.78 is 53.5. The molecule has 3 aromatic carbocycles. The lowest BCUT2D eigenvalue weighted by atomic mass is 10.1. The Morgan fingerprint density at radius 1 is 0.818 bits per heavy atom. The van der Waals surface area contributed by atoms with Gasteiger partial charge in [-0.15, -0.1) is 0 Å². The second-order valence-corrected chi connectivity index (χ2v) is 11.1. The van der Waals surface area contributed by atoms with E-state index in [2.05, 4.69) is 10.0 Å². The highest BCUT2D eigenvalue weighted by Gasteiger charge is 2.21. The molecule has 8 nitrogen and oxygen atoms in total. The number of carbonyl (C=O) groups is 1. The average molecular weight is 488 g/mol. The van der Waals surface area contributed by atoms with Gasteiger partial charge in [0, 0.05) is 5.69 Å². The van der Waals surface area contributed by atoms with Gasteiger partial charge in [-0.1, -0.05) is 36.4 Å². The average Bonchev–Trinajstić information content (AvgIpc) is 2.75. The van der Waals surface area contributed by atoms with Gasteiger partial charge in [-0.25, -0.2) is 16.8 Å². The summed E-state index contributed by atoms with van der Waals surface area (Å²) >= 11 is 0. The lowest BCUT2D eigenvalue weighted by Gasteiger charge is -2.21. The first-order chi connectivity index (χ1) is 15.5. The van der Waals surface area contributed by atoms with Crippen molar-refractivity contribution >= 4 is 43.0 Å². The van der Waals surface area contributed by atoms with Crippen LogP contribution in [0.15, 0.2) is 77.7 Å². The Labute approximate surface area is 194 Å². The van der Waals surface area contributed by atoms with Crippen LogP contribution in [-0.2, 0) is 24.8 Å². The first-order valence-electron chi connectivity index (χ1n) is 9.99. The van der Waals surface area contributed by atoms with E-state index in [4.69, 9.17) is 0 Å². The molecule has 0 radical (unpaired) electrons. The fourth-order valence-electron chi connectivity index (χ4n) is 3.21. The SMILES string of the molecule is Cc1cccc(C)c1NS(=O)(=O)c1ccc(NC(=O)CN(c2ccccc2)S(C)(=O)=O)cc1. The second kappa shape index (κ2) is 9.63. The number of para-hydroxylation sites is 2. The quantitative estimate of drug-likeness (QED) is 0.505. The van der Waals surface area contributed by atoms with E-state index in [1.807, 2.05) is 32.0 Å². The van der Waals surface area contributed by atoms with E-state index >= 15 is 0 Å². The summed E-state index contributed by atoms with van der Waals surface area (Å²) in [6.45, 7) is 3.22. The summed E-state index contributed by atoms with van der Waals surface area (Å²) in [7, 11) is -7.51.